The minimum atomic E-state index is -0.694. The topological polar surface area (TPSA) is 37.3 Å². The van der Waals surface area contributed by atoms with Crippen LogP contribution in [0.1, 0.15) is 44.1 Å². The highest BCUT2D eigenvalue weighted by atomic mass is 35.5. The molecule has 1 fully saturated rings. The predicted octanol–water partition coefficient (Wildman–Crippen LogP) is 4.96. The molecule has 1 saturated carbocycles. The maximum absolute atomic E-state index is 11.7. The average molecular weight is 301 g/mol. The largest absolute Gasteiger partial charge is 0.481 e. The van der Waals surface area contributed by atoms with Crippen LogP contribution in [0.5, 0.6) is 0 Å². The van der Waals surface area contributed by atoms with Gasteiger partial charge in [0.25, 0.3) is 0 Å². The number of hydrogen-bond donors (Lipinski definition) is 1. The Morgan fingerprint density at radius 2 is 1.79 bits per heavy atom. The number of carboxylic acid groups (broad SMARTS) is 1. The molecule has 0 aromatic heterocycles. The van der Waals surface area contributed by atoms with Crippen molar-refractivity contribution in [3.8, 4) is 0 Å². The van der Waals surface area contributed by atoms with E-state index in [1.54, 1.807) is 12.1 Å². The highest BCUT2D eigenvalue weighted by molar-refractivity contribution is 6.35. The Kier molecular flexibility index (Phi) is 4.75. The van der Waals surface area contributed by atoms with Crippen molar-refractivity contribution in [3.63, 3.8) is 0 Å². The van der Waals surface area contributed by atoms with Gasteiger partial charge in [-0.2, -0.15) is 0 Å². The number of hydrogen-bond acceptors (Lipinski definition) is 1. The van der Waals surface area contributed by atoms with E-state index in [1.165, 1.54) is 0 Å². The molecule has 1 aliphatic rings. The molecule has 2 rings (SSSR count). The Morgan fingerprint density at radius 1 is 1.16 bits per heavy atom. The second-order valence-corrected chi connectivity index (χ2v) is 6.26. The smallest absolute Gasteiger partial charge is 0.309 e. The minimum Gasteiger partial charge on any atom is -0.481 e. The summed E-state index contributed by atoms with van der Waals surface area (Å²) in [4.78, 5) is 11.7. The summed E-state index contributed by atoms with van der Waals surface area (Å²) in [5.74, 6) is -0.694. The first-order valence-corrected chi connectivity index (χ1v) is 7.46. The third-order valence-corrected chi connectivity index (χ3v) is 4.65. The molecule has 4 heteroatoms. The summed E-state index contributed by atoms with van der Waals surface area (Å²) in [6.07, 6.45) is 6.20. The van der Waals surface area contributed by atoms with Gasteiger partial charge in [0.2, 0.25) is 0 Å². The van der Waals surface area contributed by atoms with Crippen LogP contribution in [0.4, 0.5) is 0 Å². The fourth-order valence-corrected chi connectivity index (χ4v) is 3.38. The van der Waals surface area contributed by atoms with Crippen molar-refractivity contribution in [2.75, 3.05) is 0 Å². The lowest BCUT2D eigenvalue weighted by Crippen LogP contribution is -2.33. The van der Waals surface area contributed by atoms with Gasteiger partial charge in [0.05, 0.1) is 5.41 Å². The summed E-state index contributed by atoms with van der Waals surface area (Å²) in [5.41, 5.74) is 0.226. The van der Waals surface area contributed by atoms with E-state index >= 15 is 0 Å². The first kappa shape index (κ1) is 14.7. The summed E-state index contributed by atoms with van der Waals surface area (Å²) >= 11 is 12.1. The van der Waals surface area contributed by atoms with Gasteiger partial charge >= 0.3 is 5.97 Å². The molecule has 2 nitrogen and oxygen atoms in total. The van der Waals surface area contributed by atoms with Crippen LogP contribution in [0.15, 0.2) is 18.2 Å². The van der Waals surface area contributed by atoms with Crippen LogP contribution in [0.25, 0.3) is 0 Å². The third-order valence-electron chi connectivity index (χ3n) is 4.06. The standard InChI is InChI=1S/C15H18Cl2O2/c16-12-6-5-11(13(17)9-12)10-15(14(18)19)7-3-1-2-4-8-15/h5-6,9H,1-4,7-8,10H2,(H,18,19). The zero-order valence-electron chi connectivity index (χ0n) is 10.8. The van der Waals surface area contributed by atoms with Gasteiger partial charge in [-0.15, -0.1) is 0 Å². The fraction of sp³-hybridized carbons (Fsp3) is 0.533. The summed E-state index contributed by atoms with van der Waals surface area (Å²) in [6.45, 7) is 0. The van der Waals surface area contributed by atoms with Gasteiger partial charge in [-0.05, 0) is 37.0 Å². The maximum atomic E-state index is 11.7. The SMILES string of the molecule is O=C(O)C1(Cc2ccc(Cl)cc2Cl)CCCCCC1. The van der Waals surface area contributed by atoms with Gasteiger partial charge in [0.15, 0.2) is 0 Å². The van der Waals surface area contributed by atoms with Crippen LogP contribution in [0.3, 0.4) is 0 Å². The molecular formula is C15H18Cl2O2. The molecule has 1 aromatic rings. The molecule has 19 heavy (non-hydrogen) atoms. The summed E-state index contributed by atoms with van der Waals surface area (Å²) in [6, 6.07) is 5.31. The van der Waals surface area contributed by atoms with Crippen LogP contribution < -0.4 is 0 Å². The highest BCUT2D eigenvalue weighted by Crippen LogP contribution is 2.40. The Morgan fingerprint density at radius 3 is 2.32 bits per heavy atom. The van der Waals surface area contributed by atoms with Crippen molar-refractivity contribution < 1.29 is 9.90 Å². The van der Waals surface area contributed by atoms with Gasteiger partial charge in [0, 0.05) is 10.0 Å². The molecule has 1 aliphatic carbocycles. The molecule has 0 heterocycles. The number of benzene rings is 1. The zero-order chi connectivity index (χ0) is 13.9. The molecule has 0 atom stereocenters. The monoisotopic (exact) mass is 300 g/mol. The summed E-state index contributed by atoms with van der Waals surface area (Å²) in [5, 5.41) is 10.8. The lowest BCUT2D eigenvalue weighted by molar-refractivity contribution is -0.149. The van der Waals surface area contributed by atoms with Gasteiger partial charge in [-0.25, -0.2) is 0 Å². The Labute approximate surface area is 123 Å². The number of aliphatic carboxylic acids is 1. The molecule has 104 valence electrons. The van der Waals surface area contributed by atoms with Crippen LogP contribution in [-0.4, -0.2) is 11.1 Å². The Bertz CT molecular complexity index is 463. The number of halogens is 2. The number of carboxylic acids is 1. The first-order valence-electron chi connectivity index (χ1n) is 6.71. The number of carbonyl (C=O) groups is 1. The molecule has 0 saturated heterocycles. The van der Waals surface area contributed by atoms with E-state index < -0.39 is 11.4 Å². The highest BCUT2D eigenvalue weighted by Gasteiger charge is 2.39. The number of rotatable bonds is 3. The van der Waals surface area contributed by atoms with E-state index in [-0.39, 0.29) is 0 Å². The van der Waals surface area contributed by atoms with Crippen molar-refractivity contribution in [2.45, 2.75) is 44.9 Å². The molecule has 0 bridgehead atoms. The van der Waals surface area contributed by atoms with E-state index in [0.717, 1.165) is 44.1 Å². The van der Waals surface area contributed by atoms with Gasteiger partial charge in [-0.3, -0.25) is 4.79 Å². The van der Waals surface area contributed by atoms with Crippen molar-refractivity contribution >= 4 is 29.2 Å². The predicted molar refractivity (Wildman–Crippen MR) is 77.9 cm³/mol. The van der Waals surface area contributed by atoms with E-state index in [0.29, 0.717) is 16.5 Å². The minimum absolute atomic E-state index is 0.498. The van der Waals surface area contributed by atoms with Gasteiger partial charge in [0.1, 0.15) is 0 Å². The van der Waals surface area contributed by atoms with Crippen LogP contribution >= 0.6 is 23.2 Å². The Hall–Kier alpha value is -0.730. The fourth-order valence-electron chi connectivity index (χ4n) is 2.90. The lowest BCUT2D eigenvalue weighted by Gasteiger charge is -2.28. The second kappa shape index (κ2) is 6.15. The molecule has 0 spiro atoms. The molecule has 0 amide bonds. The van der Waals surface area contributed by atoms with E-state index in [1.807, 2.05) is 6.07 Å². The van der Waals surface area contributed by atoms with Crippen molar-refractivity contribution in [1.29, 1.82) is 0 Å². The lowest BCUT2D eigenvalue weighted by atomic mass is 9.75. The molecule has 1 N–H and O–H groups in total. The molecule has 0 aliphatic heterocycles. The van der Waals surface area contributed by atoms with Crippen LogP contribution in [-0.2, 0) is 11.2 Å². The molecule has 1 aromatic carbocycles. The second-order valence-electron chi connectivity index (χ2n) is 5.41. The molecule has 0 radical (unpaired) electrons. The molecule has 0 unspecified atom stereocenters. The van der Waals surface area contributed by atoms with Gasteiger partial charge < -0.3 is 5.11 Å². The normalized spacial score (nSPS) is 18.8. The first-order chi connectivity index (χ1) is 9.03. The maximum Gasteiger partial charge on any atom is 0.309 e. The average Bonchev–Trinajstić information content (AvgIpc) is 2.59. The van der Waals surface area contributed by atoms with Crippen LogP contribution in [0.2, 0.25) is 10.0 Å². The van der Waals surface area contributed by atoms with E-state index in [9.17, 15) is 9.90 Å². The van der Waals surface area contributed by atoms with Gasteiger partial charge in [-0.1, -0.05) is 55.0 Å². The Balaban J connectivity index is 2.27. The quantitative estimate of drug-likeness (QED) is 0.801. The third kappa shape index (κ3) is 3.43. The molecular weight excluding hydrogens is 283 g/mol. The van der Waals surface area contributed by atoms with E-state index in [2.05, 4.69) is 0 Å². The van der Waals surface area contributed by atoms with E-state index in [4.69, 9.17) is 23.2 Å². The summed E-state index contributed by atoms with van der Waals surface area (Å²) in [7, 11) is 0. The zero-order valence-corrected chi connectivity index (χ0v) is 12.3. The van der Waals surface area contributed by atoms with Crippen molar-refractivity contribution in [3.05, 3.63) is 33.8 Å². The summed E-state index contributed by atoms with van der Waals surface area (Å²) < 4.78 is 0. The van der Waals surface area contributed by atoms with Crippen LogP contribution in [0, 0.1) is 5.41 Å². The van der Waals surface area contributed by atoms with Crippen molar-refractivity contribution in [2.24, 2.45) is 5.41 Å². The van der Waals surface area contributed by atoms with Crippen molar-refractivity contribution in [1.82, 2.24) is 0 Å².